The Morgan fingerprint density at radius 2 is 1.48 bits per heavy atom. The molecule has 0 bridgehead atoms. The molecule has 2 aromatic rings. The van der Waals surface area contributed by atoms with Gasteiger partial charge in [0.25, 0.3) is 0 Å². The standard InChI is InChI=1S/C29H40N6O9/c1-17(2)11-22(35-29(43)44-15-19-7-5-4-6-8-19)28(42)33-21(9-10-24(36)37)26(40)34-23(13-20-14-30-16-31-20)27(41)32-18(3)12-25(38)39/h4-8,14,16-18,21-23H,9-13,15H2,1-3H3,(H,30,31)(H,32,41)(H,33,42)(H,34,40)(H,35,43)(H,36,37)(H,38,39). The van der Waals surface area contributed by atoms with E-state index in [1.54, 1.807) is 24.3 Å². The first kappa shape index (κ1) is 35.2. The third-order valence-corrected chi connectivity index (χ3v) is 6.29. The molecule has 1 heterocycles. The van der Waals surface area contributed by atoms with Gasteiger partial charge in [-0.15, -0.1) is 0 Å². The number of hydrogen-bond acceptors (Lipinski definition) is 8. The molecule has 15 heteroatoms. The SMILES string of the molecule is CC(C)CC(NC(=O)OCc1ccccc1)C(=O)NC(CCC(=O)O)C(=O)NC(Cc1cnc[nH]1)C(=O)NC(C)CC(=O)O. The number of nitrogens with zero attached hydrogens (tertiary/aromatic N) is 1. The fourth-order valence-corrected chi connectivity index (χ4v) is 4.17. The highest BCUT2D eigenvalue weighted by molar-refractivity contribution is 5.94. The summed E-state index contributed by atoms with van der Waals surface area (Å²) in [7, 11) is 0. The molecule has 4 amide bonds. The number of rotatable bonds is 18. The minimum absolute atomic E-state index is 0.0306. The zero-order valence-corrected chi connectivity index (χ0v) is 24.9. The minimum atomic E-state index is -1.39. The Kier molecular flexibility index (Phi) is 14.3. The van der Waals surface area contributed by atoms with Gasteiger partial charge < -0.3 is 41.2 Å². The van der Waals surface area contributed by atoms with Crippen molar-refractivity contribution in [1.82, 2.24) is 31.2 Å². The van der Waals surface area contributed by atoms with Crippen LogP contribution in [0.15, 0.2) is 42.9 Å². The van der Waals surface area contributed by atoms with Crippen LogP contribution >= 0.6 is 0 Å². The molecule has 0 fully saturated rings. The monoisotopic (exact) mass is 616 g/mol. The van der Waals surface area contributed by atoms with Crippen LogP contribution in [0.2, 0.25) is 0 Å². The van der Waals surface area contributed by atoms with E-state index in [1.807, 2.05) is 19.9 Å². The smallest absolute Gasteiger partial charge is 0.408 e. The lowest BCUT2D eigenvalue weighted by Crippen LogP contribution is -2.58. The molecular weight excluding hydrogens is 576 g/mol. The summed E-state index contributed by atoms with van der Waals surface area (Å²) in [5, 5.41) is 28.4. The van der Waals surface area contributed by atoms with Crippen molar-refractivity contribution in [2.24, 2.45) is 5.92 Å². The lowest BCUT2D eigenvalue weighted by Gasteiger charge is -2.26. The van der Waals surface area contributed by atoms with Crippen molar-refractivity contribution in [3.63, 3.8) is 0 Å². The first-order valence-corrected chi connectivity index (χ1v) is 14.1. The van der Waals surface area contributed by atoms with E-state index in [4.69, 9.17) is 9.84 Å². The molecule has 2 rings (SSSR count). The van der Waals surface area contributed by atoms with Crippen LogP contribution in [0.25, 0.3) is 0 Å². The molecular formula is C29H40N6O9. The number of alkyl carbamates (subject to hydrolysis) is 1. The van der Waals surface area contributed by atoms with Crippen LogP contribution in [0.1, 0.15) is 57.7 Å². The van der Waals surface area contributed by atoms with E-state index in [0.29, 0.717) is 5.69 Å². The van der Waals surface area contributed by atoms with Gasteiger partial charge in [0.2, 0.25) is 17.7 Å². The maximum absolute atomic E-state index is 13.4. The Bertz CT molecular complexity index is 1250. The number of nitrogens with one attached hydrogen (secondary N) is 5. The Morgan fingerprint density at radius 1 is 0.841 bits per heavy atom. The van der Waals surface area contributed by atoms with Gasteiger partial charge in [-0.2, -0.15) is 0 Å². The summed E-state index contributed by atoms with van der Waals surface area (Å²) in [6.07, 6.45) is 0.949. The molecule has 7 N–H and O–H groups in total. The molecule has 240 valence electrons. The van der Waals surface area contributed by atoms with Gasteiger partial charge in [0.15, 0.2) is 0 Å². The summed E-state index contributed by atoms with van der Waals surface area (Å²) >= 11 is 0. The number of hydrogen-bond donors (Lipinski definition) is 7. The van der Waals surface area contributed by atoms with E-state index in [0.717, 1.165) is 5.56 Å². The number of aliphatic carboxylic acids is 2. The number of ether oxygens (including phenoxy) is 1. The second-order valence-corrected chi connectivity index (χ2v) is 10.7. The molecule has 0 aliphatic carbocycles. The predicted octanol–water partition coefficient (Wildman–Crippen LogP) is 1.11. The summed E-state index contributed by atoms with van der Waals surface area (Å²) in [4.78, 5) is 81.3. The molecule has 44 heavy (non-hydrogen) atoms. The topological polar surface area (TPSA) is 229 Å². The highest BCUT2D eigenvalue weighted by Gasteiger charge is 2.31. The second-order valence-electron chi connectivity index (χ2n) is 10.7. The maximum atomic E-state index is 13.4. The molecule has 15 nitrogen and oxygen atoms in total. The lowest BCUT2D eigenvalue weighted by atomic mass is 10.0. The average Bonchev–Trinajstić information content (AvgIpc) is 3.46. The van der Waals surface area contributed by atoms with Crippen molar-refractivity contribution < 1.29 is 43.7 Å². The van der Waals surface area contributed by atoms with Gasteiger partial charge in [-0.3, -0.25) is 24.0 Å². The summed E-state index contributed by atoms with van der Waals surface area (Å²) < 4.78 is 5.23. The molecule has 1 aromatic heterocycles. The van der Waals surface area contributed by atoms with Crippen molar-refractivity contribution in [2.75, 3.05) is 0 Å². The summed E-state index contributed by atoms with van der Waals surface area (Å²) in [5.74, 6) is -4.68. The van der Waals surface area contributed by atoms with E-state index >= 15 is 0 Å². The highest BCUT2D eigenvalue weighted by atomic mass is 16.5. The minimum Gasteiger partial charge on any atom is -0.481 e. The molecule has 0 aliphatic rings. The van der Waals surface area contributed by atoms with Crippen LogP contribution in [0, 0.1) is 5.92 Å². The first-order valence-electron chi connectivity index (χ1n) is 14.1. The molecule has 0 saturated carbocycles. The summed E-state index contributed by atoms with van der Waals surface area (Å²) in [6, 6.07) is 4.45. The molecule has 4 unspecified atom stereocenters. The molecule has 0 aliphatic heterocycles. The number of benzene rings is 1. The Hall–Kier alpha value is -4.95. The zero-order valence-electron chi connectivity index (χ0n) is 24.9. The van der Waals surface area contributed by atoms with Gasteiger partial charge in [0, 0.05) is 30.8 Å². The zero-order chi connectivity index (χ0) is 32.6. The molecule has 0 saturated heterocycles. The number of carbonyl (C=O) groups excluding carboxylic acids is 4. The van der Waals surface area contributed by atoms with Gasteiger partial charge in [-0.25, -0.2) is 9.78 Å². The molecule has 1 aromatic carbocycles. The van der Waals surface area contributed by atoms with Crippen LogP contribution in [0.3, 0.4) is 0 Å². The lowest BCUT2D eigenvalue weighted by molar-refractivity contribution is -0.139. The highest BCUT2D eigenvalue weighted by Crippen LogP contribution is 2.09. The Morgan fingerprint density at radius 3 is 2.07 bits per heavy atom. The summed E-state index contributed by atoms with van der Waals surface area (Å²) in [6.45, 7) is 5.12. The van der Waals surface area contributed by atoms with E-state index < -0.39 is 66.3 Å². The normalized spacial score (nSPS) is 13.5. The number of aromatic amines is 1. The fraction of sp³-hybridized carbons (Fsp3) is 0.483. The molecule has 4 atom stereocenters. The number of imidazole rings is 1. The number of H-pyrrole nitrogens is 1. The Balaban J connectivity index is 2.17. The third-order valence-electron chi connectivity index (χ3n) is 6.29. The Labute approximate surface area is 254 Å². The van der Waals surface area contributed by atoms with Crippen molar-refractivity contribution in [1.29, 1.82) is 0 Å². The number of carbonyl (C=O) groups is 6. The van der Waals surface area contributed by atoms with Gasteiger partial charge >= 0.3 is 18.0 Å². The van der Waals surface area contributed by atoms with Gasteiger partial charge in [-0.1, -0.05) is 44.2 Å². The van der Waals surface area contributed by atoms with Crippen molar-refractivity contribution in [3.05, 3.63) is 54.1 Å². The van der Waals surface area contributed by atoms with Gasteiger partial charge in [0.1, 0.15) is 24.7 Å². The molecule has 0 radical (unpaired) electrons. The predicted molar refractivity (Wildman–Crippen MR) is 156 cm³/mol. The molecule has 0 spiro atoms. The van der Waals surface area contributed by atoms with Crippen LogP contribution < -0.4 is 21.3 Å². The van der Waals surface area contributed by atoms with E-state index in [1.165, 1.54) is 19.4 Å². The van der Waals surface area contributed by atoms with E-state index in [-0.39, 0.29) is 38.2 Å². The van der Waals surface area contributed by atoms with Crippen LogP contribution in [-0.4, -0.2) is 80.1 Å². The third kappa shape index (κ3) is 13.4. The largest absolute Gasteiger partial charge is 0.481 e. The quantitative estimate of drug-likeness (QED) is 0.126. The number of amides is 4. The van der Waals surface area contributed by atoms with E-state index in [2.05, 4.69) is 31.2 Å². The van der Waals surface area contributed by atoms with E-state index in [9.17, 15) is 33.9 Å². The second kappa shape index (κ2) is 17.9. The van der Waals surface area contributed by atoms with Gasteiger partial charge in [0.05, 0.1) is 12.7 Å². The average molecular weight is 617 g/mol. The van der Waals surface area contributed by atoms with Gasteiger partial charge in [-0.05, 0) is 31.2 Å². The van der Waals surface area contributed by atoms with Crippen LogP contribution in [0.5, 0.6) is 0 Å². The number of carboxylic acid groups (broad SMARTS) is 2. The maximum Gasteiger partial charge on any atom is 0.408 e. The van der Waals surface area contributed by atoms with Crippen LogP contribution in [0.4, 0.5) is 4.79 Å². The van der Waals surface area contributed by atoms with Crippen LogP contribution in [-0.2, 0) is 41.7 Å². The fourth-order valence-electron chi connectivity index (χ4n) is 4.17. The number of aromatic nitrogens is 2. The first-order chi connectivity index (χ1) is 20.8. The summed E-state index contributed by atoms with van der Waals surface area (Å²) in [5.41, 5.74) is 1.22. The van der Waals surface area contributed by atoms with Crippen molar-refractivity contribution >= 4 is 35.8 Å². The number of carboxylic acids is 2. The van der Waals surface area contributed by atoms with Crippen molar-refractivity contribution in [2.45, 2.75) is 83.6 Å². The van der Waals surface area contributed by atoms with Crippen molar-refractivity contribution in [3.8, 4) is 0 Å².